The van der Waals surface area contributed by atoms with Crippen molar-refractivity contribution in [2.75, 3.05) is 18.1 Å². The third-order valence-electron chi connectivity index (χ3n) is 3.36. The Hall–Kier alpha value is -0.660. The van der Waals surface area contributed by atoms with Crippen molar-refractivity contribution in [3.05, 3.63) is 22.4 Å². The van der Waals surface area contributed by atoms with Gasteiger partial charge >= 0.3 is 0 Å². The highest BCUT2D eigenvalue weighted by Gasteiger charge is 2.37. The van der Waals surface area contributed by atoms with Crippen molar-refractivity contribution >= 4 is 25.8 Å². The Kier molecular flexibility index (Phi) is 3.90. The predicted octanol–water partition coefficient (Wildman–Crippen LogP) is 1.56. The van der Waals surface area contributed by atoms with Crippen molar-refractivity contribution in [3.8, 4) is 5.75 Å². The molecule has 5 nitrogen and oxygen atoms in total. The maximum absolute atomic E-state index is 11.7. The van der Waals surface area contributed by atoms with Gasteiger partial charge in [0.15, 0.2) is 9.84 Å². The molecule has 0 bridgehead atoms. The molecule has 0 aromatic carbocycles. The van der Waals surface area contributed by atoms with E-state index in [2.05, 4.69) is 20.9 Å². The summed E-state index contributed by atoms with van der Waals surface area (Å²) in [5.74, 6) is 0.420. The fourth-order valence-corrected chi connectivity index (χ4v) is 4.53. The molecule has 1 aromatic rings. The average Bonchev–Trinajstić information content (AvgIpc) is 2.23. The van der Waals surface area contributed by atoms with Crippen LogP contribution in [0.4, 0.5) is 0 Å². The molecule has 0 aliphatic carbocycles. The SMILES string of the molecule is CC1(C)CS(=O)(=O)CCN1Cc1ncc(Br)cc1O. The van der Waals surface area contributed by atoms with Crippen molar-refractivity contribution in [1.29, 1.82) is 0 Å². The summed E-state index contributed by atoms with van der Waals surface area (Å²) in [6.07, 6.45) is 1.63. The van der Waals surface area contributed by atoms with Crippen LogP contribution in [0.25, 0.3) is 0 Å². The molecule has 1 N–H and O–H groups in total. The molecule has 1 aromatic heterocycles. The van der Waals surface area contributed by atoms with Gasteiger partial charge in [-0.15, -0.1) is 0 Å². The van der Waals surface area contributed by atoms with Gasteiger partial charge in [-0.1, -0.05) is 0 Å². The lowest BCUT2D eigenvalue weighted by Gasteiger charge is -2.41. The minimum atomic E-state index is -2.96. The van der Waals surface area contributed by atoms with Gasteiger partial charge in [-0.25, -0.2) is 8.42 Å². The van der Waals surface area contributed by atoms with E-state index < -0.39 is 15.4 Å². The summed E-state index contributed by atoms with van der Waals surface area (Å²) in [5, 5.41) is 9.86. The van der Waals surface area contributed by atoms with Crippen molar-refractivity contribution in [2.24, 2.45) is 0 Å². The van der Waals surface area contributed by atoms with E-state index in [0.717, 1.165) is 0 Å². The number of hydrogen-bond donors (Lipinski definition) is 1. The summed E-state index contributed by atoms with van der Waals surface area (Å²) in [5.41, 5.74) is 0.119. The molecule has 0 amide bonds. The lowest BCUT2D eigenvalue weighted by molar-refractivity contribution is 0.128. The molecule has 2 heterocycles. The maximum Gasteiger partial charge on any atom is 0.153 e. The lowest BCUT2D eigenvalue weighted by Crippen LogP contribution is -2.54. The zero-order valence-corrected chi connectivity index (χ0v) is 13.3. The molecule has 1 fully saturated rings. The lowest BCUT2D eigenvalue weighted by atomic mass is 10.0. The van der Waals surface area contributed by atoms with E-state index in [-0.39, 0.29) is 17.3 Å². The van der Waals surface area contributed by atoms with Crippen LogP contribution in [0.5, 0.6) is 5.75 Å². The van der Waals surface area contributed by atoms with Crippen LogP contribution < -0.4 is 0 Å². The smallest absolute Gasteiger partial charge is 0.153 e. The summed E-state index contributed by atoms with van der Waals surface area (Å²) in [6, 6.07) is 1.59. The molecule has 19 heavy (non-hydrogen) atoms. The van der Waals surface area contributed by atoms with Gasteiger partial charge in [-0.2, -0.15) is 0 Å². The Bertz CT molecular complexity index is 587. The standard InChI is InChI=1S/C12H17BrN2O3S/c1-12(2)8-19(17,18)4-3-15(12)7-10-11(16)5-9(13)6-14-10/h5-6,16H,3-4,7-8H2,1-2H3. The number of pyridine rings is 1. The van der Waals surface area contributed by atoms with Gasteiger partial charge in [0.2, 0.25) is 0 Å². The van der Waals surface area contributed by atoms with E-state index >= 15 is 0 Å². The summed E-state index contributed by atoms with van der Waals surface area (Å²) >= 11 is 3.24. The Morgan fingerprint density at radius 1 is 1.53 bits per heavy atom. The van der Waals surface area contributed by atoms with E-state index in [0.29, 0.717) is 23.3 Å². The molecule has 106 valence electrons. The van der Waals surface area contributed by atoms with Gasteiger partial charge in [0.05, 0.1) is 17.2 Å². The van der Waals surface area contributed by atoms with Gasteiger partial charge in [0.1, 0.15) is 5.75 Å². The molecule has 0 spiro atoms. The van der Waals surface area contributed by atoms with Crippen LogP contribution in [0.3, 0.4) is 0 Å². The van der Waals surface area contributed by atoms with E-state index in [1.165, 1.54) is 0 Å². The molecule has 7 heteroatoms. The Labute approximate surface area is 121 Å². The molecule has 2 rings (SSSR count). The van der Waals surface area contributed by atoms with Crippen LogP contribution in [0.15, 0.2) is 16.7 Å². The van der Waals surface area contributed by atoms with E-state index in [4.69, 9.17) is 0 Å². The van der Waals surface area contributed by atoms with Crippen molar-refractivity contribution in [1.82, 2.24) is 9.88 Å². The fraction of sp³-hybridized carbons (Fsp3) is 0.583. The average molecular weight is 349 g/mol. The predicted molar refractivity (Wildman–Crippen MR) is 76.7 cm³/mol. The number of halogens is 1. The first kappa shape index (κ1) is 14.7. The second-order valence-electron chi connectivity index (χ2n) is 5.45. The molecule has 0 saturated carbocycles. The van der Waals surface area contributed by atoms with Gasteiger partial charge in [-0.3, -0.25) is 9.88 Å². The number of sulfone groups is 1. The zero-order chi connectivity index (χ0) is 14.3. The van der Waals surface area contributed by atoms with Gasteiger partial charge in [0.25, 0.3) is 0 Å². The quantitative estimate of drug-likeness (QED) is 0.878. The van der Waals surface area contributed by atoms with Crippen LogP contribution in [0.2, 0.25) is 0 Å². The van der Waals surface area contributed by atoms with Crippen molar-refractivity contribution in [2.45, 2.75) is 25.9 Å². The van der Waals surface area contributed by atoms with Crippen LogP contribution in [0, 0.1) is 0 Å². The topological polar surface area (TPSA) is 70.5 Å². The Morgan fingerprint density at radius 2 is 2.21 bits per heavy atom. The Morgan fingerprint density at radius 3 is 2.79 bits per heavy atom. The van der Waals surface area contributed by atoms with Crippen LogP contribution >= 0.6 is 15.9 Å². The summed E-state index contributed by atoms with van der Waals surface area (Å²) in [4.78, 5) is 6.23. The van der Waals surface area contributed by atoms with Crippen molar-refractivity contribution in [3.63, 3.8) is 0 Å². The molecule has 0 radical (unpaired) electrons. The van der Waals surface area contributed by atoms with Crippen molar-refractivity contribution < 1.29 is 13.5 Å². The second kappa shape index (κ2) is 5.03. The fourth-order valence-electron chi connectivity index (χ4n) is 2.31. The highest BCUT2D eigenvalue weighted by molar-refractivity contribution is 9.10. The minimum Gasteiger partial charge on any atom is -0.506 e. The summed E-state index contributed by atoms with van der Waals surface area (Å²) in [6.45, 7) is 4.72. The third-order valence-corrected chi connectivity index (χ3v) is 5.74. The highest BCUT2D eigenvalue weighted by atomic mass is 79.9. The molecular formula is C12H17BrN2O3S. The first-order valence-corrected chi connectivity index (χ1v) is 8.60. The van der Waals surface area contributed by atoms with E-state index in [1.54, 1.807) is 12.3 Å². The van der Waals surface area contributed by atoms with Crippen LogP contribution in [-0.4, -0.2) is 47.0 Å². The summed E-state index contributed by atoms with van der Waals surface area (Å²) < 4.78 is 24.1. The minimum absolute atomic E-state index is 0.124. The first-order valence-electron chi connectivity index (χ1n) is 5.98. The number of nitrogens with zero attached hydrogens (tertiary/aromatic N) is 2. The molecule has 1 aliphatic heterocycles. The Balaban J connectivity index is 2.19. The molecule has 1 aliphatic rings. The number of hydrogen-bond acceptors (Lipinski definition) is 5. The molecule has 0 unspecified atom stereocenters. The first-order chi connectivity index (χ1) is 8.70. The second-order valence-corrected chi connectivity index (χ2v) is 8.55. The van der Waals surface area contributed by atoms with Crippen LogP contribution in [-0.2, 0) is 16.4 Å². The largest absolute Gasteiger partial charge is 0.506 e. The van der Waals surface area contributed by atoms with Gasteiger partial charge < -0.3 is 5.11 Å². The zero-order valence-electron chi connectivity index (χ0n) is 10.9. The number of rotatable bonds is 2. The number of aromatic hydroxyl groups is 1. The molecular weight excluding hydrogens is 332 g/mol. The summed E-state index contributed by atoms with van der Waals surface area (Å²) in [7, 11) is -2.96. The highest BCUT2D eigenvalue weighted by Crippen LogP contribution is 2.27. The maximum atomic E-state index is 11.7. The van der Waals surface area contributed by atoms with Gasteiger partial charge in [0, 0.05) is 29.3 Å². The van der Waals surface area contributed by atoms with Gasteiger partial charge in [-0.05, 0) is 35.8 Å². The molecule has 0 atom stereocenters. The molecule has 1 saturated heterocycles. The van der Waals surface area contributed by atoms with E-state index in [9.17, 15) is 13.5 Å². The normalized spacial score (nSPS) is 22.3. The monoisotopic (exact) mass is 348 g/mol. The van der Waals surface area contributed by atoms with E-state index in [1.807, 2.05) is 18.7 Å². The number of aromatic nitrogens is 1. The third kappa shape index (κ3) is 3.46. The van der Waals surface area contributed by atoms with Crippen LogP contribution in [0.1, 0.15) is 19.5 Å².